The van der Waals surface area contributed by atoms with E-state index in [9.17, 15) is 4.79 Å². The van der Waals surface area contributed by atoms with Crippen molar-refractivity contribution in [2.75, 3.05) is 20.4 Å². The van der Waals surface area contributed by atoms with Gasteiger partial charge >= 0.3 is 0 Å². The summed E-state index contributed by atoms with van der Waals surface area (Å²) in [5.41, 5.74) is 2.66. The zero-order valence-corrected chi connectivity index (χ0v) is 7.51. The Bertz CT molecular complexity index is 155. The van der Waals surface area contributed by atoms with Crippen molar-refractivity contribution in [3.8, 4) is 0 Å². The van der Waals surface area contributed by atoms with E-state index < -0.39 is 0 Å². The van der Waals surface area contributed by atoms with E-state index >= 15 is 0 Å². The van der Waals surface area contributed by atoms with Gasteiger partial charge in [0, 0.05) is 14.0 Å². The predicted octanol–water partition coefficient (Wildman–Crippen LogP) is -0.738. The fourth-order valence-corrected chi connectivity index (χ4v) is 1.13. The van der Waals surface area contributed by atoms with E-state index in [2.05, 4.69) is 18.2 Å². The second-order valence-corrected chi connectivity index (χ2v) is 2.98. The summed E-state index contributed by atoms with van der Waals surface area (Å²) in [5.74, 6) is -0.0537. The number of hydrogen-bond acceptors (Lipinski definition) is 5. The van der Waals surface area contributed by atoms with Gasteiger partial charge in [0.1, 0.15) is 0 Å². The number of nitrogens with zero attached hydrogens (tertiary/aromatic N) is 3. The van der Waals surface area contributed by atoms with Crippen LogP contribution in [0.25, 0.3) is 0 Å². The van der Waals surface area contributed by atoms with Crippen molar-refractivity contribution in [2.24, 2.45) is 0 Å². The van der Waals surface area contributed by atoms with Gasteiger partial charge in [0.2, 0.25) is 5.91 Å². The molecule has 6 heteroatoms. The monoisotopic (exact) mass is 176 g/mol. The maximum atomic E-state index is 10.6. The third-order valence-electron chi connectivity index (χ3n) is 1.38. The quantitative estimate of drug-likeness (QED) is 0.516. The summed E-state index contributed by atoms with van der Waals surface area (Å²) in [7, 11) is 1.90. The summed E-state index contributed by atoms with van der Waals surface area (Å²) in [6.07, 6.45) is 0. The van der Waals surface area contributed by atoms with Crippen LogP contribution in [0.4, 0.5) is 0 Å². The molecule has 0 saturated carbocycles. The Balaban J connectivity index is 2.35. The van der Waals surface area contributed by atoms with Gasteiger partial charge in [-0.2, -0.15) is 9.42 Å². The molecule has 0 aromatic carbocycles. The van der Waals surface area contributed by atoms with Crippen LogP contribution in [0.3, 0.4) is 0 Å². The molecule has 5 nitrogen and oxygen atoms in total. The molecule has 0 atom stereocenters. The summed E-state index contributed by atoms with van der Waals surface area (Å²) < 4.78 is 1.72. The third kappa shape index (κ3) is 2.33. The lowest BCUT2D eigenvalue weighted by Crippen LogP contribution is -2.40. The van der Waals surface area contributed by atoms with E-state index in [0.717, 1.165) is 0 Å². The number of rotatable bonds is 1. The lowest BCUT2D eigenvalue weighted by molar-refractivity contribution is -0.123. The van der Waals surface area contributed by atoms with Crippen LogP contribution in [-0.4, -0.2) is 40.7 Å². The molecule has 0 aromatic rings. The Morgan fingerprint density at radius 3 is 2.55 bits per heavy atom. The molecule has 1 saturated heterocycles. The molecule has 64 valence electrons. The Kier molecular flexibility index (Phi) is 2.72. The summed E-state index contributed by atoms with van der Waals surface area (Å²) >= 11 is 4.14. The fourth-order valence-electron chi connectivity index (χ4n) is 0.919. The van der Waals surface area contributed by atoms with Crippen LogP contribution in [0.2, 0.25) is 0 Å². The molecule has 1 aliphatic rings. The third-order valence-corrected chi connectivity index (χ3v) is 1.81. The highest BCUT2D eigenvalue weighted by Crippen LogP contribution is 2.08. The first-order chi connectivity index (χ1) is 5.09. The fraction of sp³-hybridized carbons (Fsp3) is 0.800. The molecular formula is C5H12N4OS. The SMILES string of the molecule is CC(=O)NN1CN(C)N(S)C1. The van der Waals surface area contributed by atoms with Gasteiger partial charge in [-0.05, 0) is 0 Å². The Labute approximate surface area is 71.4 Å². The molecule has 1 heterocycles. The standard InChI is InChI=1S/C5H12N4OS/c1-5(10)6-8-3-7(2)9(11)4-8/h11H,3-4H2,1-2H3,(H,6,10). The molecule has 0 spiro atoms. The van der Waals surface area contributed by atoms with Gasteiger partial charge in [0.15, 0.2) is 0 Å². The molecule has 11 heavy (non-hydrogen) atoms. The molecule has 0 aliphatic carbocycles. The number of carbonyl (C=O) groups is 1. The van der Waals surface area contributed by atoms with Crippen molar-refractivity contribution in [1.29, 1.82) is 0 Å². The second kappa shape index (κ2) is 3.40. The predicted molar refractivity (Wildman–Crippen MR) is 44.0 cm³/mol. The normalized spacial score (nSPS) is 22.5. The van der Waals surface area contributed by atoms with Gasteiger partial charge < -0.3 is 0 Å². The summed E-state index contributed by atoms with van der Waals surface area (Å²) in [5, 5.41) is 3.66. The highest BCUT2D eigenvalue weighted by molar-refractivity contribution is 7.77. The first-order valence-corrected chi connectivity index (χ1v) is 3.69. The zero-order chi connectivity index (χ0) is 8.43. The van der Waals surface area contributed by atoms with Crippen LogP contribution in [0, 0.1) is 0 Å². The minimum atomic E-state index is -0.0537. The van der Waals surface area contributed by atoms with Gasteiger partial charge in [-0.25, -0.2) is 5.01 Å². The number of thiol groups is 1. The molecule has 0 unspecified atom stereocenters. The molecule has 1 fully saturated rings. The summed E-state index contributed by atoms with van der Waals surface area (Å²) in [6.45, 7) is 2.77. The van der Waals surface area contributed by atoms with Crippen LogP contribution in [0.5, 0.6) is 0 Å². The number of carbonyl (C=O) groups excluding carboxylic acids is 1. The maximum Gasteiger partial charge on any atom is 0.231 e. The second-order valence-electron chi connectivity index (χ2n) is 2.52. The van der Waals surface area contributed by atoms with Crippen LogP contribution in [0.1, 0.15) is 6.92 Å². The van der Waals surface area contributed by atoms with E-state index in [1.807, 2.05) is 12.1 Å². The van der Waals surface area contributed by atoms with Crippen LogP contribution < -0.4 is 5.43 Å². The highest BCUT2D eigenvalue weighted by Gasteiger charge is 2.22. The van der Waals surface area contributed by atoms with Crippen LogP contribution in [-0.2, 0) is 4.79 Å². The van der Waals surface area contributed by atoms with E-state index in [4.69, 9.17) is 0 Å². The van der Waals surface area contributed by atoms with Crippen molar-refractivity contribution in [3.63, 3.8) is 0 Å². The average molecular weight is 176 g/mol. The van der Waals surface area contributed by atoms with Gasteiger partial charge in [-0.1, -0.05) is 12.8 Å². The minimum Gasteiger partial charge on any atom is -0.287 e. The first-order valence-electron chi connectivity index (χ1n) is 3.29. The van der Waals surface area contributed by atoms with Crippen molar-refractivity contribution < 1.29 is 4.79 Å². The van der Waals surface area contributed by atoms with Gasteiger partial charge in [0.25, 0.3) is 0 Å². The minimum absolute atomic E-state index is 0.0537. The van der Waals surface area contributed by atoms with Crippen molar-refractivity contribution >= 4 is 18.7 Å². The molecule has 1 N–H and O–H groups in total. The molecule has 0 aromatic heterocycles. The van der Waals surface area contributed by atoms with Crippen LogP contribution >= 0.6 is 12.8 Å². The van der Waals surface area contributed by atoms with Crippen molar-refractivity contribution in [3.05, 3.63) is 0 Å². The summed E-state index contributed by atoms with van der Waals surface area (Å²) in [6, 6.07) is 0. The largest absolute Gasteiger partial charge is 0.287 e. The van der Waals surface area contributed by atoms with Gasteiger partial charge in [-0.15, -0.1) is 0 Å². The van der Waals surface area contributed by atoms with Gasteiger partial charge in [-0.3, -0.25) is 10.2 Å². The topological polar surface area (TPSA) is 38.8 Å². The molecular weight excluding hydrogens is 164 g/mol. The van der Waals surface area contributed by atoms with E-state index in [0.29, 0.717) is 13.3 Å². The first kappa shape index (κ1) is 8.79. The number of hydrogen-bond donors (Lipinski definition) is 2. The van der Waals surface area contributed by atoms with Crippen LogP contribution in [0.15, 0.2) is 0 Å². The summed E-state index contributed by atoms with van der Waals surface area (Å²) in [4.78, 5) is 10.6. The molecule has 0 radical (unpaired) electrons. The van der Waals surface area contributed by atoms with Crippen molar-refractivity contribution in [2.45, 2.75) is 6.92 Å². The molecule has 1 rings (SSSR count). The van der Waals surface area contributed by atoms with E-state index in [1.165, 1.54) is 6.92 Å². The number of amides is 1. The molecule has 0 bridgehead atoms. The lowest BCUT2D eigenvalue weighted by atomic mass is 10.7. The van der Waals surface area contributed by atoms with E-state index in [1.54, 1.807) is 9.42 Å². The van der Waals surface area contributed by atoms with Crippen molar-refractivity contribution in [1.82, 2.24) is 19.9 Å². The smallest absolute Gasteiger partial charge is 0.231 e. The maximum absolute atomic E-state index is 10.6. The number of nitrogens with one attached hydrogen (secondary N) is 1. The Morgan fingerprint density at radius 2 is 2.18 bits per heavy atom. The zero-order valence-electron chi connectivity index (χ0n) is 6.61. The molecule has 1 amide bonds. The molecule has 1 aliphatic heterocycles. The Morgan fingerprint density at radius 1 is 1.55 bits per heavy atom. The highest BCUT2D eigenvalue weighted by atomic mass is 32.1. The lowest BCUT2D eigenvalue weighted by Gasteiger charge is -2.13. The van der Waals surface area contributed by atoms with E-state index in [-0.39, 0.29) is 5.91 Å². The van der Waals surface area contributed by atoms with Gasteiger partial charge in [0.05, 0.1) is 13.3 Å². The Hall–Kier alpha value is -0.300. The number of hydrazine groups is 2. The average Bonchev–Trinajstić information content (AvgIpc) is 2.10.